The Morgan fingerprint density at radius 3 is 2.40 bits per heavy atom. The van der Waals surface area contributed by atoms with E-state index in [0.717, 1.165) is 11.3 Å². The van der Waals surface area contributed by atoms with Gasteiger partial charge in [-0.1, -0.05) is 0 Å². The van der Waals surface area contributed by atoms with Gasteiger partial charge in [-0.25, -0.2) is 4.79 Å². The second-order valence-electron chi connectivity index (χ2n) is 4.88. The Morgan fingerprint density at radius 1 is 1.05 bits per heavy atom. The molecule has 0 aliphatic heterocycles. The van der Waals surface area contributed by atoms with Crippen LogP contribution in [0.2, 0.25) is 0 Å². The lowest BCUT2D eigenvalue weighted by Gasteiger charge is -2.01. The summed E-state index contributed by atoms with van der Waals surface area (Å²) >= 11 is 0. The Kier molecular flexibility index (Phi) is 2.64. The highest BCUT2D eigenvalue weighted by Crippen LogP contribution is 2.24. The lowest BCUT2D eigenvalue weighted by Crippen LogP contribution is -2.03. The standard InChI is InChI=1S/C15H14N2O3/c1-7-8(2)20-9(3)13(7)14(18)10-4-5-11-12(6-10)17-15(19)16-11/h4-6H,1-3H3,(H2,16,17,19). The number of hydrogen-bond donors (Lipinski definition) is 2. The van der Waals surface area contributed by atoms with Gasteiger partial charge in [-0.15, -0.1) is 0 Å². The van der Waals surface area contributed by atoms with Gasteiger partial charge in [0.05, 0.1) is 16.6 Å². The van der Waals surface area contributed by atoms with Gasteiger partial charge in [0.15, 0.2) is 5.78 Å². The maximum atomic E-state index is 12.6. The first-order valence-corrected chi connectivity index (χ1v) is 6.30. The number of H-pyrrole nitrogens is 2. The molecule has 0 aliphatic rings. The number of aromatic amines is 2. The average molecular weight is 270 g/mol. The molecule has 0 radical (unpaired) electrons. The number of nitrogens with one attached hydrogen (secondary N) is 2. The van der Waals surface area contributed by atoms with Crippen molar-refractivity contribution in [1.29, 1.82) is 0 Å². The summed E-state index contributed by atoms with van der Waals surface area (Å²) in [7, 11) is 0. The number of fused-ring (bicyclic) bond motifs is 1. The summed E-state index contributed by atoms with van der Waals surface area (Å²) in [6.07, 6.45) is 0. The molecule has 0 atom stereocenters. The maximum absolute atomic E-state index is 12.6. The summed E-state index contributed by atoms with van der Waals surface area (Å²) in [5, 5.41) is 0. The third-order valence-corrected chi connectivity index (χ3v) is 3.57. The normalized spacial score (nSPS) is 11.2. The van der Waals surface area contributed by atoms with Crippen LogP contribution in [-0.2, 0) is 0 Å². The predicted molar refractivity (Wildman–Crippen MR) is 75.3 cm³/mol. The third kappa shape index (κ3) is 1.79. The molecule has 0 aliphatic carbocycles. The van der Waals surface area contributed by atoms with Gasteiger partial charge in [0.25, 0.3) is 0 Å². The lowest BCUT2D eigenvalue weighted by atomic mass is 9.99. The topological polar surface area (TPSA) is 78.9 Å². The molecule has 0 saturated carbocycles. The number of aromatic nitrogens is 2. The van der Waals surface area contributed by atoms with Crippen molar-refractivity contribution < 1.29 is 9.21 Å². The SMILES string of the molecule is Cc1oc(C)c(C(=O)c2ccc3[nH]c(=O)[nH]c3c2)c1C. The van der Waals surface area contributed by atoms with Gasteiger partial charge < -0.3 is 14.4 Å². The number of aryl methyl sites for hydroxylation is 2. The molecule has 0 saturated heterocycles. The van der Waals surface area contributed by atoms with Crippen LogP contribution in [0, 0.1) is 20.8 Å². The van der Waals surface area contributed by atoms with E-state index in [9.17, 15) is 9.59 Å². The molecule has 0 spiro atoms. The molecule has 0 unspecified atom stereocenters. The quantitative estimate of drug-likeness (QED) is 0.702. The second kappa shape index (κ2) is 4.23. The van der Waals surface area contributed by atoms with Crippen LogP contribution in [0.3, 0.4) is 0 Å². The number of ketones is 1. The first-order valence-electron chi connectivity index (χ1n) is 6.30. The van der Waals surface area contributed by atoms with Crippen LogP contribution < -0.4 is 5.69 Å². The number of carbonyl (C=O) groups is 1. The van der Waals surface area contributed by atoms with Gasteiger partial charge in [0, 0.05) is 11.1 Å². The first-order chi connectivity index (χ1) is 9.47. The highest BCUT2D eigenvalue weighted by molar-refractivity contribution is 6.11. The van der Waals surface area contributed by atoms with Crippen molar-refractivity contribution in [2.24, 2.45) is 0 Å². The molecule has 2 heterocycles. The summed E-state index contributed by atoms with van der Waals surface area (Å²) in [6, 6.07) is 5.10. The minimum atomic E-state index is -0.281. The Bertz CT molecular complexity index is 880. The average Bonchev–Trinajstić information content (AvgIpc) is 2.87. The number of imidazole rings is 1. The summed E-state index contributed by atoms with van der Waals surface area (Å²) in [5.41, 5.74) is 3.01. The molecular formula is C15H14N2O3. The molecule has 3 aromatic rings. The Balaban J connectivity index is 2.14. The van der Waals surface area contributed by atoms with Crippen LogP contribution in [0.4, 0.5) is 0 Å². The predicted octanol–water partition coefficient (Wildman–Crippen LogP) is 2.61. The van der Waals surface area contributed by atoms with Crippen LogP contribution in [0.15, 0.2) is 27.4 Å². The van der Waals surface area contributed by atoms with Crippen molar-refractivity contribution in [2.75, 3.05) is 0 Å². The minimum Gasteiger partial charge on any atom is -0.466 e. The number of rotatable bonds is 2. The molecule has 1 aromatic carbocycles. The van der Waals surface area contributed by atoms with Gasteiger partial charge in [-0.3, -0.25) is 4.79 Å². The van der Waals surface area contributed by atoms with Crippen LogP contribution in [0.5, 0.6) is 0 Å². The zero-order valence-corrected chi connectivity index (χ0v) is 11.5. The summed E-state index contributed by atoms with van der Waals surface area (Å²) in [6.45, 7) is 5.49. The molecule has 0 bridgehead atoms. The Labute approximate surface area is 114 Å². The second-order valence-corrected chi connectivity index (χ2v) is 4.88. The minimum absolute atomic E-state index is 0.0965. The molecule has 2 aromatic heterocycles. The molecule has 20 heavy (non-hydrogen) atoms. The maximum Gasteiger partial charge on any atom is 0.323 e. The fraction of sp³-hybridized carbons (Fsp3) is 0.200. The van der Waals surface area contributed by atoms with E-state index in [1.807, 2.05) is 13.8 Å². The molecule has 3 rings (SSSR count). The van der Waals surface area contributed by atoms with Crippen LogP contribution in [-0.4, -0.2) is 15.8 Å². The van der Waals surface area contributed by atoms with Crippen molar-refractivity contribution in [2.45, 2.75) is 20.8 Å². The van der Waals surface area contributed by atoms with E-state index in [-0.39, 0.29) is 11.5 Å². The van der Waals surface area contributed by atoms with Crippen molar-refractivity contribution in [3.05, 3.63) is 56.9 Å². The highest BCUT2D eigenvalue weighted by atomic mass is 16.3. The smallest absolute Gasteiger partial charge is 0.323 e. The van der Waals surface area contributed by atoms with Crippen molar-refractivity contribution >= 4 is 16.8 Å². The van der Waals surface area contributed by atoms with E-state index in [1.165, 1.54) is 0 Å². The first kappa shape index (κ1) is 12.5. The molecule has 0 amide bonds. The van der Waals surface area contributed by atoms with E-state index in [1.54, 1.807) is 25.1 Å². The van der Waals surface area contributed by atoms with Crippen LogP contribution in [0.25, 0.3) is 11.0 Å². The number of hydrogen-bond acceptors (Lipinski definition) is 3. The van der Waals surface area contributed by atoms with E-state index >= 15 is 0 Å². The van der Waals surface area contributed by atoms with Crippen molar-refractivity contribution in [3.8, 4) is 0 Å². The molecule has 0 fully saturated rings. The third-order valence-electron chi connectivity index (χ3n) is 3.57. The number of furan rings is 1. The van der Waals surface area contributed by atoms with Gasteiger partial charge in [0.2, 0.25) is 0 Å². The molecule has 2 N–H and O–H groups in total. The Morgan fingerprint density at radius 2 is 1.75 bits per heavy atom. The van der Waals surface area contributed by atoms with E-state index in [2.05, 4.69) is 9.97 Å². The van der Waals surface area contributed by atoms with Crippen molar-refractivity contribution in [1.82, 2.24) is 9.97 Å². The van der Waals surface area contributed by atoms with E-state index < -0.39 is 0 Å². The fourth-order valence-corrected chi connectivity index (χ4v) is 2.45. The summed E-state index contributed by atoms with van der Waals surface area (Å²) < 4.78 is 5.49. The van der Waals surface area contributed by atoms with Crippen LogP contribution >= 0.6 is 0 Å². The van der Waals surface area contributed by atoms with Gasteiger partial charge >= 0.3 is 5.69 Å². The van der Waals surface area contributed by atoms with Gasteiger partial charge in [0.1, 0.15) is 11.5 Å². The Hall–Kier alpha value is -2.56. The van der Waals surface area contributed by atoms with Crippen LogP contribution in [0.1, 0.15) is 33.0 Å². The largest absolute Gasteiger partial charge is 0.466 e. The monoisotopic (exact) mass is 270 g/mol. The molecular weight excluding hydrogens is 256 g/mol. The molecule has 5 heteroatoms. The van der Waals surface area contributed by atoms with Crippen molar-refractivity contribution in [3.63, 3.8) is 0 Å². The number of benzene rings is 1. The fourth-order valence-electron chi connectivity index (χ4n) is 2.45. The summed E-state index contributed by atoms with van der Waals surface area (Å²) in [5.74, 6) is 1.27. The van der Waals surface area contributed by atoms with Gasteiger partial charge in [-0.2, -0.15) is 0 Å². The highest BCUT2D eigenvalue weighted by Gasteiger charge is 2.20. The number of carbonyl (C=O) groups excluding carboxylic acids is 1. The van der Waals surface area contributed by atoms with Gasteiger partial charge in [-0.05, 0) is 39.0 Å². The summed E-state index contributed by atoms with van der Waals surface area (Å²) in [4.78, 5) is 29.1. The zero-order valence-electron chi connectivity index (χ0n) is 11.5. The zero-order chi connectivity index (χ0) is 14.4. The molecule has 102 valence electrons. The van der Waals surface area contributed by atoms with E-state index in [0.29, 0.717) is 27.9 Å². The lowest BCUT2D eigenvalue weighted by molar-refractivity contribution is 0.103. The molecule has 5 nitrogen and oxygen atoms in total. The van der Waals surface area contributed by atoms with E-state index in [4.69, 9.17) is 4.42 Å².